The molecule has 0 bridgehead atoms. The summed E-state index contributed by atoms with van der Waals surface area (Å²) in [6, 6.07) is 0. The van der Waals surface area contributed by atoms with Gasteiger partial charge in [0.05, 0.1) is 5.38 Å². The van der Waals surface area contributed by atoms with Gasteiger partial charge in [-0.15, -0.1) is 11.6 Å². The second-order valence-corrected chi connectivity index (χ2v) is 8.38. The Bertz CT molecular complexity index is 290. The summed E-state index contributed by atoms with van der Waals surface area (Å²) in [6.45, 7) is 7.00. The SMILES string of the molecule is CCCCCCCCCCCCC1=CC(Cl)CC(C)(C)C1. The maximum absolute atomic E-state index is 6.35. The topological polar surface area (TPSA) is 0 Å². The first-order chi connectivity index (χ1) is 10.0. The Morgan fingerprint density at radius 2 is 1.48 bits per heavy atom. The summed E-state index contributed by atoms with van der Waals surface area (Å²) in [4.78, 5) is 0. The van der Waals surface area contributed by atoms with Gasteiger partial charge in [0.1, 0.15) is 0 Å². The molecule has 1 aliphatic carbocycles. The Labute approximate surface area is 138 Å². The lowest BCUT2D eigenvalue weighted by Gasteiger charge is -2.32. The van der Waals surface area contributed by atoms with E-state index in [-0.39, 0.29) is 5.38 Å². The fraction of sp³-hybridized carbons (Fsp3) is 0.900. The van der Waals surface area contributed by atoms with E-state index in [4.69, 9.17) is 11.6 Å². The second-order valence-electron chi connectivity index (χ2n) is 7.82. The summed E-state index contributed by atoms with van der Waals surface area (Å²) in [5.74, 6) is 0. The van der Waals surface area contributed by atoms with E-state index in [2.05, 4.69) is 26.8 Å². The zero-order valence-electron chi connectivity index (χ0n) is 14.7. The molecule has 0 aromatic heterocycles. The van der Waals surface area contributed by atoms with Crippen molar-refractivity contribution in [2.45, 2.75) is 110 Å². The molecule has 0 saturated carbocycles. The van der Waals surface area contributed by atoms with Gasteiger partial charge in [-0.25, -0.2) is 0 Å². The van der Waals surface area contributed by atoms with Crippen LogP contribution in [0.1, 0.15) is 104 Å². The van der Waals surface area contributed by atoms with Crippen LogP contribution in [0.3, 0.4) is 0 Å². The summed E-state index contributed by atoms with van der Waals surface area (Å²) < 4.78 is 0. The number of alkyl halides is 1. The van der Waals surface area contributed by atoms with E-state index in [0.717, 1.165) is 6.42 Å². The Kier molecular flexibility index (Phi) is 9.73. The van der Waals surface area contributed by atoms with E-state index in [9.17, 15) is 0 Å². The van der Waals surface area contributed by atoms with Crippen molar-refractivity contribution < 1.29 is 0 Å². The van der Waals surface area contributed by atoms with Gasteiger partial charge >= 0.3 is 0 Å². The third-order valence-electron chi connectivity index (χ3n) is 4.72. The van der Waals surface area contributed by atoms with E-state index in [1.165, 1.54) is 77.0 Å². The Hall–Kier alpha value is 0.0300. The monoisotopic (exact) mass is 312 g/mol. The minimum Gasteiger partial charge on any atom is -0.118 e. The molecule has 0 aromatic rings. The zero-order chi connectivity index (χ0) is 15.6. The summed E-state index contributed by atoms with van der Waals surface area (Å²) in [6.07, 6.45) is 20.2. The molecule has 0 heterocycles. The van der Waals surface area contributed by atoms with E-state index < -0.39 is 0 Å². The molecule has 0 amide bonds. The van der Waals surface area contributed by atoms with E-state index in [1.807, 2.05) is 0 Å². The first-order valence-corrected chi connectivity index (χ1v) is 9.81. The maximum atomic E-state index is 6.35. The standard InChI is InChI=1S/C20H37Cl/c1-4-5-6-7-8-9-10-11-12-13-14-18-15-19(21)17-20(2,3)16-18/h15,19H,4-14,16-17H2,1-3H3. The molecule has 0 nitrogen and oxygen atoms in total. The van der Waals surface area contributed by atoms with Gasteiger partial charge in [-0.05, 0) is 31.1 Å². The molecule has 1 rings (SSSR count). The van der Waals surface area contributed by atoms with E-state index in [0.29, 0.717) is 5.41 Å². The molecule has 1 aliphatic rings. The van der Waals surface area contributed by atoms with Crippen LogP contribution < -0.4 is 0 Å². The molecule has 0 aromatic carbocycles. The number of rotatable bonds is 11. The molecule has 1 unspecified atom stereocenters. The maximum Gasteiger partial charge on any atom is 0.0523 e. The second kappa shape index (κ2) is 10.7. The third kappa shape index (κ3) is 9.61. The molecular formula is C20H37Cl. The molecule has 21 heavy (non-hydrogen) atoms. The van der Waals surface area contributed by atoms with Gasteiger partial charge in [0.25, 0.3) is 0 Å². The largest absolute Gasteiger partial charge is 0.118 e. The normalized spacial score (nSPS) is 21.3. The van der Waals surface area contributed by atoms with Crippen molar-refractivity contribution in [3.63, 3.8) is 0 Å². The van der Waals surface area contributed by atoms with Crippen LogP contribution in [0.5, 0.6) is 0 Å². The highest BCUT2D eigenvalue weighted by Crippen LogP contribution is 2.38. The molecule has 124 valence electrons. The smallest absolute Gasteiger partial charge is 0.0523 e. The first kappa shape index (κ1) is 19.1. The van der Waals surface area contributed by atoms with Crippen LogP contribution in [0, 0.1) is 5.41 Å². The van der Waals surface area contributed by atoms with Crippen LogP contribution in [-0.4, -0.2) is 5.38 Å². The van der Waals surface area contributed by atoms with Crippen LogP contribution >= 0.6 is 11.6 Å². The van der Waals surface area contributed by atoms with Gasteiger partial charge in [-0.2, -0.15) is 0 Å². The van der Waals surface area contributed by atoms with Crippen LogP contribution in [0.2, 0.25) is 0 Å². The number of allylic oxidation sites excluding steroid dienone is 2. The lowest BCUT2D eigenvalue weighted by atomic mass is 9.76. The molecule has 0 N–H and O–H groups in total. The lowest BCUT2D eigenvalue weighted by Crippen LogP contribution is -2.22. The van der Waals surface area contributed by atoms with Gasteiger partial charge in [0, 0.05) is 0 Å². The van der Waals surface area contributed by atoms with E-state index in [1.54, 1.807) is 5.57 Å². The lowest BCUT2D eigenvalue weighted by molar-refractivity contribution is 0.317. The summed E-state index contributed by atoms with van der Waals surface area (Å²) >= 11 is 6.35. The van der Waals surface area contributed by atoms with Crippen LogP contribution in [0.15, 0.2) is 11.6 Å². The molecule has 1 heteroatoms. The summed E-state index contributed by atoms with van der Waals surface area (Å²) in [5, 5.41) is 0.270. The van der Waals surface area contributed by atoms with Crippen molar-refractivity contribution in [2.75, 3.05) is 0 Å². The zero-order valence-corrected chi connectivity index (χ0v) is 15.5. The van der Waals surface area contributed by atoms with Crippen molar-refractivity contribution in [2.24, 2.45) is 5.41 Å². The minimum atomic E-state index is 0.270. The molecule has 0 saturated heterocycles. The van der Waals surface area contributed by atoms with E-state index >= 15 is 0 Å². The predicted molar refractivity (Wildman–Crippen MR) is 97.2 cm³/mol. The highest BCUT2D eigenvalue weighted by Gasteiger charge is 2.27. The van der Waals surface area contributed by atoms with Gasteiger partial charge in [-0.3, -0.25) is 0 Å². The molecule has 0 aliphatic heterocycles. The van der Waals surface area contributed by atoms with Crippen molar-refractivity contribution in [3.05, 3.63) is 11.6 Å². The molecule has 0 radical (unpaired) electrons. The fourth-order valence-corrected chi connectivity index (χ4v) is 4.20. The number of hydrogen-bond donors (Lipinski definition) is 0. The van der Waals surface area contributed by atoms with Gasteiger partial charge in [0.15, 0.2) is 0 Å². The van der Waals surface area contributed by atoms with Crippen molar-refractivity contribution >= 4 is 11.6 Å². The highest BCUT2D eigenvalue weighted by molar-refractivity contribution is 6.21. The average Bonchev–Trinajstić information content (AvgIpc) is 2.38. The van der Waals surface area contributed by atoms with Gasteiger partial charge in [0.2, 0.25) is 0 Å². The van der Waals surface area contributed by atoms with Crippen LogP contribution in [0.25, 0.3) is 0 Å². The highest BCUT2D eigenvalue weighted by atomic mass is 35.5. The van der Waals surface area contributed by atoms with Gasteiger partial charge in [-0.1, -0.05) is 90.2 Å². The Balaban J connectivity index is 1.97. The average molecular weight is 313 g/mol. The third-order valence-corrected chi connectivity index (χ3v) is 5.00. The van der Waals surface area contributed by atoms with Crippen molar-refractivity contribution in [3.8, 4) is 0 Å². The molecular weight excluding hydrogens is 276 g/mol. The molecule has 0 fully saturated rings. The van der Waals surface area contributed by atoms with Crippen LogP contribution in [0.4, 0.5) is 0 Å². The predicted octanol–water partition coefficient (Wildman–Crippen LogP) is 7.65. The quantitative estimate of drug-likeness (QED) is 0.209. The minimum absolute atomic E-state index is 0.270. The summed E-state index contributed by atoms with van der Waals surface area (Å²) in [5.41, 5.74) is 2.03. The number of hydrogen-bond acceptors (Lipinski definition) is 0. The molecule has 1 atom stereocenters. The Morgan fingerprint density at radius 1 is 0.952 bits per heavy atom. The first-order valence-electron chi connectivity index (χ1n) is 9.37. The fourth-order valence-electron chi connectivity index (χ4n) is 3.60. The van der Waals surface area contributed by atoms with Crippen molar-refractivity contribution in [1.29, 1.82) is 0 Å². The van der Waals surface area contributed by atoms with Gasteiger partial charge < -0.3 is 0 Å². The molecule has 0 spiro atoms. The number of unbranched alkanes of at least 4 members (excludes halogenated alkanes) is 9. The number of halogens is 1. The van der Waals surface area contributed by atoms with Crippen molar-refractivity contribution in [1.82, 2.24) is 0 Å². The Morgan fingerprint density at radius 3 is 2.00 bits per heavy atom. The summed E-state index contributed by atoms with van der Waals surface area (Å²) in [7, 11) is 0. The van der Waals surface area contributed by atoms with Crippen LogP contribution in [-0.2, 0) is 0 Å².